The molecule has 0 spiro atoms. The number of rotatable bonds is 11. The number of nitrogens with zero attached hydrogens (tertiary/aromatic N) is 3. The fourth-order valence-electron chi connectivity index (χ4n) is 4.84. The van der Waals surface area contributed by atoms with Crippen LogP contribution >= 0.6 is 0 Å². The molecule has 3 aromatic carbocycles. The van der Waals surface area contributed by atoms with Crippen molar-refractivity contribution in [3.63, 3.8) is 0 Å². The molecular weight excluding hydrogens is 520 g/mol. The van der Waals surface area contributed by atoms with Gasteiger partial charge in [-0.05, 0) is 69.5 Å². The summed E-state index contributed by atoms with van der Waals surface area (Å²) in [6.45, 7) is 4.49. The minimum Gasteiger partial charge on any atom is -0.497 e. The van der Waals surface area contributed by atoms with E-state index < -0.39 is 6.03 Å². The number of anilines is 4. The quantitative estimate of drug-likeness (QED) is 0.300. The minimum absolute atomic E-state index is 0.164. The summed E-state index contributed by atoms with van der Waals surface area (Å²) in [6.07, 6.45) is 0.840. The molecule has 0 saturated carbocycles. The number of benzene rings is 3. The summed E-state index contributed by atoms with van der Waals surface area (Å²) in [4.78, 5) is 32.8. The fourth-order valence-corrected chi connectivity index (χ4v) is 4.84. The van der Waals surface area contributed by atoms with Crippen LogP contribution in [0.15, 0.2) is 66.7 Å². The minimum atomic E-state index is -0.409. The predicted octanol–water partition coefficient (Wildman–Crippen LogP) is 4.36. The lowest BCUT2D eigenvalue weighted by Gasteiger charge is -2.38. The molecule has 3 N–H and O–H groups in total. The van der Waals surface area contributed by atoms with Crippen LogP contribution in [-0.4, -0.2) is 84.4 Å². The molecule has 41 heavy (non-hydrogen) atoms. The molecular formula is C31H40N6O4. The molecule has 3 aromatic rings. The van der Waals surface area contributed by atoms with E-state index in [-0.39, 0.29) is 5.91 Å². The van der Waals surface area contributed by atoms with E-state index in [0.717, 1.165) is 56.3 Å². The van der Waals surface area contributed by atoms with Gasteiger partial charge in [0.15, 0.2) is 0 Å². The molecule has 0 radical (unpaired) electrons. The van der Waals surface area contributed by atoms with Gasteiger partial charge >= 0.3 is 6.03 Å². The molecule has 0 aliphatic carbocycles. The Bertz CT molecular complexity index is 1320. The summed E-state index contributed by atoms with van der Waals surface area (Å²) in [5, 5.41) is 8.73. The van der Waals surface area contributed by atoms with Crippen LogP contribution in [-0.2, 0) is 0 Å². The maximum atomic E-state index is 13.4. The molecule has 1 fully saturated rings. The second-order valence-electron chi connectivity index (χ2n) is 10.1. The Morgan fingerprint density at radius 3 is 2.17 bits per heavy atom. The lowest BCUT2D eigenvalue weighted by molar-refractivity contribution is 0.0952. The van der Waals surface area contributed by atoms with Crippen molar-refractivity contribution in [1.29, 1.82) is 0 Å². The summed E-state index contributed by atoms with van der Waals surface area (Å²) in [5.74, 6) is 1.33. The van der Waals surface area contributed by atoms with E-state index in [2.05, 4.69) is 36.7 Å². The number of piperazine rings is 1. The molecule has 0 unspecified atom stereocenters. The van der Waals surface area contributed by atoms with Gasteiger partial charge in [-0.1, -0.05) is 18.2 Å². The average Bonchev–Trinajstić information content (AvgIpc) is 2.99. The SMILES string of the molecule is COc1cccc(NC(=O)Nc2ccc(N3CCN(c4ccccc4OC)CC3)c(C(=O)NCCCN(C)C)c2)c1. The number of carbonyl (C=O) groups is 2. The van der Waals surface area contributed by atoms with Crippen molar-refractivity contribution in [3.05, 3.63) is 72.3 Å². The van der Waals surface area contributed by atoms with E-state index in [9.17, 15) is 9.59 Å². The van der Waals surface area contributed by atoms with Crippen LogP contribution in [0.4, 0.5) is 27.5 Å². The standard InChI is InChI=1S/C31H40N6O4/c1-35(2)16-8-15-32-30(38)26-22-24(34-31(39)33-23-9-7-10-25(21-23)40-3)13-14-27(26)36-17-19-37(20-18-36)28-11-5-6-12-29(28)41-4/h5-7,9-14,21-22H,8,15-20H2,1-4H3,(H,32,38)(H2,33,34,39). The zero-order chi connectivity index (χ0) is 29.2. The average molecular weight is 561 g/mol. The molecule has 10 heteroatoms. The smallest absolute Gasteiger partial charge is 0.323 e. The molecule has 1 aliphatic rings. The van der Waals surface area contributed by atoms with Gasteiger partial charge in [0.05, 0.1) is 25.5 Å². The third-order valence-electron chi connectivity index (χ3n) is 6.94. The van der Waals surface area contributed by atoms with E-state index in [4.69, 9.17) is 9.47 Å². The second-order valence-corrected chi connectivity index (χ2v) is 10.1. The van der Waals surface area contributed by atoms with Gasteiger partial charge in [0, 0.05) is 55.9 Å². The number of hydrogen-bond donors (Lipinski definition) is 3. The summed E-state index contributed by atoms with van der Waals surface area (Å²) < 4.78 is 10.8. The monoisotopic (exact) mass is 560 g/mol. The molecule has 4 rings (SSSR count). The van der Waals surface area contributed by atoms with Crippen LogP contribution in [0.2, 0.25) is 0 Å². The number of para-hydroxylation sites is 2. The van der Waals surface area contributed by atoms with Gasteiger partial charge in [-0.25, -0.2) is 4.79 Å². The molecule has 0 aromatic heterocycles. The lowest BCUT2D eigenvalue weighted by Crippen LogP contribution is -2.47. The Morgan fingerprint density at radius 1 is 0.805 bits per heavy atom. The number of nitrogens with one attached hydrogen (secondary N) is 3. The molecule has 3 amide bonds. The van der Waals surface area contributed by atoms with Crippen LogP contribution in [0.5, 0.6) is 11.5 Å². The van der Waals surface area contributed by atoms with Gasteiger partial charge in [0.2, 0.25) is 0 Å². The van der Waals surface area contributed by atoms with Crippen molar-refractivity contribution in [2.45, 2.75) is 6.42 Å². The van der Waals surface area contributed by atoms with Crippen molar-refractivity contribution in [1.82, 2.24) is 10.2 Å². The van der Waals surface area contributed by atoms with E-state index in [0.29, 0.717) is 29.2 Å². The van der Waals surface area contributed by atoms with Gasteiger partial charge < -0.3 is 40.1 Å². The Labute approximate surface area is 242 Å². The molecule has 218 valence electrons. The third-order valence-corrected chi connectivity index (χ3v) is 6.94. The van der Waals surface area contributed by atoms with E-state index in [1.807, 2.05) is 44.4 Å². The number of amides is 3. The molecule has 0 bridgehead atoms. The predicted molar refractivity (Wildman–Crippen MR) is 165 cm³/mol. The van der Waals surface area contributed by atoms with E-state index >= 15 is 0 Å². The molecule has 1 saturated heterocycles. The summed E-state index contributed by atoms with van der Waals surface area (Å²) >= 11 is 0. The Kier molecular flexibility index (Phi) is 10.3. The van der Waals surface area contributed by atoms with E-state index in [1.54, 1.807) is 44.6 Å². The highest BCUT2D eigenvalue weighted by atomic mass is 16.5. The van der Waals surface area contributed by atoms with Crippen molar-refractivity contribution >= 4 is 34.7 Å². The Morgan fingerprint density at radius 2 is 1.49 bits per heavy atom. The third kappa shape index (κ3) is 8.04. The largest absolute Gasteiger partial charge is 0.497 e. The van der Waals surface area contributed by atoms with Gasteiger partial charge in [0.1, 0.15) is 11.5 Å². The number of ether oxygens (including phenoxy) is 2. The van der Waals surface area contributed by atoms with Crippen molar-refractivity contribution in [2.24, 2.45) is 0 Å². The number of methoxy groups -OCH3 is 2. The van der Waals surface area contributed by atoms with Crippen LogP contribution < -0.4 is 35.2 Å². The van der Waals surface area contributed by atoms with Crippen molar-refractivity contribution < 1.29 is 19.1 Å². The van der Waals surface area contributed by atoms with Gasteiger partial charge in [0.25, 0.3) is 5.91 Å². The first kappa shape index (κ1) is 29.5. The topological polar surface area (TPSA) is 98.4 Å². The number of hydrogen-bond acceptors (Lipinski definition) is 7. The van der Waals surface area contributed by atoms with Crippen molar-refractivity contribution in [3.8, 4) is 11.5 Å². The zero-order valence-electron chi connectivity index (χ0n) is 24.3. The Balaban J connectivity index is 1.49. The molecule has 0 atom stereocenters. The highest BCUT2D eigenvalue weighted by Gasteiger charge is 2.24. The normalized spacial score (nSPS) is 13.1. The number of urea groups is 1. The molecule has 10 nitrogen and oxygen atoms in total. The second kappa shape index (κ2) is 14.3. The fraction of sp³-hybridized carbons (Fsp3) is 0.355. The van der Waals surface area contributed by atoms with Crippen molar-refractivity contribution in [2.75, 3.05) is 88.0 Å². The van der Waals surface area contributed by atoms with Crippen LogP contribution in [0, 0.1) is 0 Å². The lowest BCUT2D eigenvalue weighted by atomic mass is 10.1. The van der Waals surface area contributed by atoms with Crippen LogP contribution in [0.1, 0.15) is 16.8 Å². The summed E-state index contributed by atoms with van der Waals surface area (Å²) in [5.41, 5.74) is 3.56. The van der Waals surface area contributed by atoms with E-state index in [1.165, 1.54) is 0 Å². The first-order chi connectivity index (χ1) is 19.9. The number of carbonyl (C=O) groups excluding carboxylic acids is 2. The first-order valence-electron chi connectivity index (χ1n) is 13.8. The van der Waals surface area contributed by atoms with Crippen LogP contribution in [0.25, 0.3) is 0 Å². The zero-order valence-corrected chi connectivity index (χ0v) is 24.3. The highest BCUT2D eigenvalue weighted by molar-refractivity contribution is 6.04. The summed E-state index contributed by atoms with van der Waals surface area (Å²) in [6, 6.07) is 20.2. The maximum Gasteiger partial charge on any atom is 0.323 e. The summed E-state index contributed by atoms with van der Waals surface area (Å²) in [7, 11) is 7.28. The molecule has 1 aliphatic heterocycles. The Hall–Kier alpha value is -4.44. The first-order valence-corrected chi connectivity index (χ1v) is 13.8. The van der Waals surface area contributed by atoms with Gasteiger partial charge in [-0.15, -0.1) is 0 Å². The highest BCUT2D eigenvalue weighted by Crippen LogP contribution is 2.31. The maximum absolute atomic E-state index is 13.4. The van der Waals surface area contributed by atoms with Crippen LogP contribution in [0.3, 0.4) is 0 Å². The molecule has 1 heterocycles. The van der Waals surface area contributed by atoms with Gasteiger partial charge in [-0.3, -0.25) is 4.79 Å². The van der Waals surface area contributed by atoms with Gasteiger partial charge in [-0.2, -0.15) is 0 Å².